The molecule has 2 N–H and O–H groups in total. The molecule has 2 heterocycles. The van der Waals surface area contributed by atoms with E-state index in [9.17, 15) is 5.11 Å². The lowest BCUT2D eigenvalue weighted by Gasteiger charge is -2.35. The molecular formula is C15H24N4OS. The number of aliphatic hydroxyl groups is 1. The summed E-state index contributed by atoms with van der Waals surface area (Å²) >= 11 is 1.71. The smallest absolute Gasteiger partial charge is 0.226 e. The molecule has 0 saturated heterocycles. The maximum Gasteiger partial charge on any atom is 0.226 e. The second kappa shape index (κ2) is 6.15. The van der Waals surface area contributed by atoms with E-state index in [0.717, 1.165) is 29.0 Å². The maximum atomic E-state index is 9.62. The summed E-state index contributed by atoms with van der Waals surface area (Å²) in [5.41, 5.74) is -0.376. The van der Waals surface area contributed by atoms with E-state index in [4.69, 9.17) is 0 Å². The van der Waals surface area contributed by atoms with Crippen LogP contribution in [0.15, 0.2) is 6.07 Å². The van der Waals surface area contributed by atoms with Crippen LogP contribution < -0.4 is 10.2 Å². The van der Waals surface area contributed by atoms with Gasteiger partial charge in [0, 0.05) is 18.5 Å². The zero-order valence-electron chi connectivity index (χ0n) is 13.4. The number of aliphatic hydroxyl groups excluding tert-OH is 1. The minimum Gasteiger partial charge on any atom is -0.394 e. The number of aryl methyl sites for hydroxylation is 1. The van der Waals surface area contributed by atoms with Crippen molar-refractivity contribution in [1.82, 2.24) is 9.97 Å². The molecule has 0 amide bonds. The highest BCUT2D eigenvalue weighted by atomic mass is 32.1. The molecule has 21 heavy (non-hydrogen) atoms. The van der Waals surface area contributed by atoms with Crippen molar-refractivity contribution in [3.05, 3.63) is 10.9 Å². The summed E-state index contributed by atoms with van der Waals surface area (Å²) in [5, 5.41) is 13.9. The highest BCUT2D eigenvalue weighted by Gasteiger charge is 2.26. The number of thiophene rings is 1. The molecule has 6 heteroatoms. The predicted octanol–water partition coefficient (Wildman–Crippen LogP) is 2.89. The lowest BCUT2D eigenvalue weighted by Crippen LogP contribution is -2.45. The Morgan fingerprint density at radius 2 is 2.05 bits per heavy atom. The third-order valence-electron chi connectivity index (χ3n) is 3.72. The molecule has 0 aliphatic heterocycles. The molecule has 0 spiro atoms. The van der Waals surface area contributed by atoms with Gasteiger partial charge in [0.05, 0.1) is 17.5 Å². The van der Waals surface area contributed by atoms with Gasteiger partial charge in [-0.15, -0.1) is 11.3 Å². The van der Waals surface area contributed by atoms with E-state index in [-0.39, 0.29) is 12.1 Å². The molecule has 2 aromatic heterocycles. The third-order valence-corrected chi connectivity index (χ3v) is 4.89. The van der Waals surface area contributed by atoms with Crippen LogP contribution in [0.25, 0.3) is 10.2 Å². The Morgan fingerprint density at radius 3 is 2.62 bits per heavy atom. The molecule has 0 atom stereocenters. The number of likely N-dealkylation sites (N-methyl/N-ethyl adjacent to an activating group) is 1. The molecule has 0 saturated carbocycles. The average molecular weight is 308 g/mol. The number of anilines is 2. The first-order valence-corrected chi connectivity index (χ1v) is 8.13. The average Bonchev–Trinajstić information content (AvgIpc) is 2.89. The van der Waals surface area contributed by atoms with E-state index in [0.29, 0.717) is 5.95 Å². The summed E-state index contributed by atoms with van der Waals surface area (Å²) in [6.07, 6.45) is 0.990. The Kier molecular flexibility index (Phi) is 4.68. The van der Waals surface area contributed by atoms with Crippen molar-refractivity contribution in [3.8, 4) is 0 Å². The summed E-state index contributed by atoms with van der Waals surface area (Å²) in [6.45, 7) is 9.02. The van der Waals surface area contributed by atoms with E-state index < -0.39 is 0 Å². The van der Waals surface area contributed by atoms with Crippen molar-refractivity contribution in [3.63, 3.8) is 0 Å². The Labute approximate surface area is 130 Å². The van der Waals surface area contributed by atoms with Gasteiger partial charge in [0.1, 0.15) is 10.6 Å². The normalized spacial score (nSPS) is 11.9. The number of hydrogen-bond donors (Lipinski definition) is 2. The summed E-state index contributed by atoms with van der Waals surface area (Å²) in [5.74, 6) is 1.51. The molecule has 2 rings (SSSR count). The Hall–Kier alpha value is -1.40. The van der Waals surface area contributed by atoms with Crippen LogP contribution in [0.1, 0.15) is 32.6 Å². The fraction of sp³-hybridized carbons (Fsp3) is 0.600. The van der Waals surface area contributed by atoms with Gasteiger partial charge in [0.2, 0.25) is 5.95 Å². The first kappa shape index (κ1) is 16.0. The summed E-state index contributed by atoms with van der Waals surface area (Å²) in [6, 6.07) is 2.16. The molecular weight excluding hydrogens is 284 g/mol. The fourth-order valence-electron chi connectivity index (χ4n) is 2.02. The first-order chi connectivity index (χ1) is 9.92. The van der Waals surface area contributed by atoms with Crippen LogP contribution in [0, 0.1) is 0 Å². The van der Waals surface area contributed by atoms with Gasteiger partial charge >= 0.3 is 0 Å². The highest BCUT2D eigenvalue weighted by Crippen LogP contribution is 2.34. The van der Waals surface area contributed by atoms with Crippen LogP contribution >= 0.6 is 11.3 Å². The largest absolute Gasteiger partial charge is 0.394 e. The Balaban J connectivity index is 2.60. The maximum absolute atomic E-state index is 9.62. The van der Waals surface area contributed by atoms with Gasteiger partial charge in [0.25, 0.3) is 0 Å². The van der Waals surface area contributed by atoms with Gasteiger partial charge in [0.15, 0.2) is 0 Å². The van der Waals surface area contributed by atoms with Gasteiger partial charge in [-0.25, -0.2) is 4.98 Å². The molecule has 0 radical (unpaired) electrons. The van der Waals surface area contributed by atoms with Crippen LogP contribution in [0.4, 0.5) is 11.8 Å². The number of hydrogen-bond acceptors (Lipinski definition) is 6. The molecule has 2 aromatic rings. The molecule has 5 nitrogen and oxygen atoms in total. The van der Waals surface area contributed by atoms with E-state index in [1.165, 1.54) is 4.88 Å². The third kappa shape index (κ3) is 3.11. The zero-order valence-corrected chi connectivity index (χ0v) is 14.2. The lowest BCUT2D eigenvalue weighted by molar-refractivity contribution is 0.216. The molecule has 0 aromatic carbocycles. The molecule has 0 aliphatic rings. The van der Waals surface area contributed by atoms with Gasteiger partial charge < -0.3 is 15.3 Å². The summed E-state index contributed by atoms with van der Waals surface area (Å²) in [7, 11) is 1.97. The van der Waals surface area contributed by atoms with Gasteiger partial charge in [-0.3, -0.25) is 0 Å². The van der Waals surface area contributed by atoms with Crippen LogP contribution in [0.3, 0.4) is 0 Å². The van der Waals surface area contributed by atoms with Crippen molar-refractivity contribution in [2.45, 2.75) is 39.7 Å². The fourth-order valence-corrected chi connectivity index (χ4v) is 2.98. The molecule has 116 valence electrons. The molecule has 0 fully saturated rings. The monoisotopic (exact) mass is 308 g/mol. The quantitative estimate of drug-likeness (QED) is 0.859. The first-order valence-electron chi connectivity index (χ1n) is 7.32. The van der Waals surface area contributed by atoms with Crippen molar-refractivity contribution in [2.75, 3.05) is 30.4 Å². The summed E-state index contributed by atoms with van der Waals surface area (Å²) < 4.78 is 0. The minimum absolute atomic E-state index is 0.0658. The van der Waals surface area contributed by atoms with E-state index in [1.807, 2.05) is 32.7 Å². The van der Waals surface area contributed by atoms with Crippen molar-refractivity contribution in [2.24, 2.45) is 0 Å². The molecule has 0 unspecified atom stereocenters. The number of nitrogens with one attached hydrogen (secondary N) is 1. The number of rotatable bonds is 6. The predicted molar refractivity (Wildman–Crippen MR) is 90.5 cm³/mol. The minimum atomic E-state index is -0.376. The zero-order chi connectivity index (χ0) is 15.6. The molecule has 0 aliphatic carbocycles. The lowest BCUT2D eigenvalue weighted by atomic mass is 10.0. The van der Waals surface area contributed by atoms with Crippen LogP contribution in [-0.2, 0) is 6.42 Å². The Bertz CT molecular complexity index is 623. The van der Waals surface area contributed by atoms with Gasteiger partial charge in [-0.1, -0.05) is 6.92 Å². The second-order valence-corrected chi connectivity index (χ2v) is 6.83. The SMILES string of the molecule is CCNc1nc(N(C)C(C)(C)CO)c2cc(CC)sc2n1. The number of nitrogens with zero attached hydrogens (tertiary/aromatic N) is 3. The van der Waals surface area contributed by atoms with E-state index in [1.54, 1.807) is 11.3 Å². The van der Waals surface area contributed by atoms with Gasteiger partial charge in [-0.2, -0.15) is 4.98 Å². The topological polar surface area (TPSA) is 61.3 Å². The number of fused-ring (bicyclic) bond motifs is 1. The Morgan fingerprint density at radius 1 is 1.33 bits per heavy atom. The van der Waals surface area contributed by atoms with Crippen molar-refractivity contribution >= 4 is 33.3 Å². The van der Waals surface area contributed by atoms with Crippen LogP contribution in [-0.4, -0.2) is 40.8 Å². The van der Waals surface area contributed by atoms with Crippen LogP contribution in [0.5, 0.6) is 0 Å². The number of aromatic nitrogens is 2. The van der Waals surface area contributed by atoms with Crippen molar-refractivity contribution < 1.29 is 5.11 Å². The van der Waals surface area contributed by atoms with Crippen LogP contribution in [0.2, 0.25) is 0 Å². The van der Waals surface area contributed by atoms with E-state index in [2.05, 4.69) is 28.3 Å². The van der Waals surface area contributed by atoms with Gasteiger partial charge in [-0.05, 0) is 33.3 Å². The van der Waals surface area contributed by atoms with E-state index >= 15 is 0 Å². The van der Waals surface area contributed by atoms with Crippen molar-refractivity contribution in [1.29, 1.82) is 0 Å². The molecule has 0 bridgehead atoms. The highest BCUT2D eigenvalue weighted by molar-refractivity contribution is 7.18. The summed E-state index contributed by atoms with van der Waals surface area (Å²) in [4.78, 5) is 13.6. The second-order valence-electron chi connectivity index (χ2n) is 5.72. The standard InChI is InChI=1S/C15H24N4OS/c1-6-10-8-11-12(19(5)15(3,4)9-20)17-14(16-7-2)18-13(11)21-10/h8,20H,6-7,9H2,1-5H3,(H,16,17,18).